The summed E-state index contributed by atoms with van der Waals surface area (Å²) in [6, 6.07) is 4.43. The first-order valence-corrected chi connectivity index (χ1v) is 6.66. The lowest BCUT2D eigenvalue weighted by atomic mass is 9.92. The van der Waals surface area contributed by atoms with Gasteiger partial charge in [-0.25, -0.2) is 4.98 Å². The lowest BCUT2D eigenvalue weighted by Gasteiger charge is -2.25. The Labute approximate surface area is 111 Å². The van der Waals surface area contributed by atoms with Gasteiger partial charge in [0.05, 0.1) is 5.56 Å². The molecule has 1 fully saturated rings. The molecule has 0 spiro atoms. The number of aromatic nitrogens is 1. The summed E-state index contributed by atoms with van der Waals surface area (Å²) in [6.07, 6.45) is 7.67. The van der Waals surface area contributed by atoms with Crippen LogP contribution in [-0.2, 0) is 0 Å². The molecule has 2 unspecified atom stereocenters. The molecule has 0 saturated carbocycles. The second-order valence-corrected chi connectivity index (χ2v) is 5.31. The fourth-order valence-corrected chi connectivity index (χ4v) is 3.03. The van der Waals surface area contributed by atoms with Crippen molar-refractivity contribution in [2.75, 3.05) is 6.54 Å². The van der Waals surface area contributed by atoms with Gasteiger partial charge in [0.1, 0.15) is 11.2 Å². The van der Waals surface area contributed by atoms with Gasteiger partial charge in [0, 0.05) is 12.2 Å². The van der Waals surface area contributed by atoms with Crippen molar-refractivity contribution >= 4 is 17.2 Å². The monoisotopic (exact) mass is 259 g/mol. The zero-order valence-electron chi connectivity index (χ0n) is 9.99. The van der Waals surface area contributed by atoms with Gasteiger partial charge >= 0.3 is 0 Å². The summed E-state index contributed by atoms with van der Waals surface area (Å²) < 4.78 is 0. The number of allylic oxidation sites excluding steroid dienone is 1. The van der Waals surface area contributed by atoms with Crippen LogP contribution in [0.4, 0.5) is 0 Å². The number of hydrogen-bond acceptors (Lipinski definition) is 3. The first-order chi connectivity index (χ1) is 8.78. The molecule has 1 aliphatic carbocycles. The van der Waals surface area contributed by atoms with Crippen LogP contribution in [0.1, 0.15) is 30.4 Å². The van der Waals surface area contributed by atoms with Crippen LogP contribution in [0.25, 0.3) is 5.57 Å². The third kappa shape index (κ3) is 2.03. The van der Waals surface area contributed by atoms with Crippen LogP contribution in [0.2, 0.25) is 5.15 Å². The molecule has 1 aromatic heterocycles. The minimum Gasteiger partial charge on any atom is -0.310 e. The number of nitrogens with zero attached hydrogens (tertiary/aromatic N) is 2. The molecule has 3 rings (SSSR count). The maximum absolute atomic E-state index is 8.99. The highest BCUT2D eigenvalue weighted by Crippen LogP contribution is 2.37. The van der Waals surface area contributed by atoms with Crippen LogP contribution in [0.5, 0.6) is 0 Å². The van der Waals surface area contributed by atoms with Gasteiger partial charge in [-0.05, 0) is 48.9 Å². The Bertz CT molecular complexity index is 544. The lowest BCUT2D eigenvalue weighted by molar-refractivity contribution is 0.341. The van der Waals surface area contributed by atoms with Crippen molar-refractivity contribution in [3.05, 3.63) is 34.6 Å². The normalized spacial score (nSPS) is 26.3. The molecule has 0 aromatic carbocycles. The van der Waals surface area contributed by atoms with Crippen molar-refractivity contribution in [3.63, 3.8) is 0 Å². The van der Waals surface area contributed by atoms with E-state index in [9.17, 15) is 0 Å². The van der Waals surface area contributed by atoms with Gasteiger partial charge in [-0.3, -0.25) is 0 Å². The molecule has 1 aromatic rings. The molecule has 2 aliphatic rings. The Hall–Kier alpha value is -1.37. The van der Waals surface area contributed by atoms with E-state index >= 15 is 0 Å². The third-order valence-corrected chi connectivity index (χ3v) is 4.13. The fourth-order valence-electron chi connectivity index (χ4n) is 2.89. The van der Waals surface area contributed by atoms with Crippen LogP contribution in [0.15, 0.2) is 18.3 Å². The molecule has 1 N–H and O–H groups in total. The van der Waals surface area contributed by atoms with Gasteiger partial charge in [-0.2, -0.15) is 5.26 Å². The maximum atomic E-state index is 8.99. The second kappa shape index (κ2) is 4.72. The zero-order chi connectivity index (χ0) is 12.5. The predicted octanol–water partition coefficient (Wildman–Crippen LogP) is 2.76. The number of nitriles is 1. The molecule has 1 saturated heterocycles. The van der Waals surface area contributed by atoms with Gasteiger partial charge < -0.3 is 5.32 Å². The Morgan fingerprint density at radius 2 is 2.39 bits per heavy atom. The molecule has 18 heavy (non-hydrogen) atoms. The van der Waals surface area contributed by atoms with Gasteiger partial charge in [-0.1, -0.05) is 17.7 Å². The number of piperidine rings is 1. The van der Waals surface area contributed by atoms with Gasteiger partial charge in [0.25, 0.3) is 0 Å². The summed E-state index contributed by atoms with van der Waals surface area (Å²) in [4.78, 5) is 4.09. The quantitative estimate of drug-likeness (QED) is 0.789. The van der Waals surface area contributed by atoms with Crippen molar-refractivity contribution < 1.29 is 0 Å². The number of fused-ring (bicyclic) bond motifs is 1. The molecule has 4 heteroatoms. The van der Waals surface area contributed by atoms with Crippen molar-refractivity contribution in [1.82, 2.24) is 10.3 Å². The summed E-state index contributed by atoms with van der Waals surface area (Å²) in [6.45, 7) is 1.10. The highest BCUT2D eigenvalue weighted by molar-refractivity contribution is 6.30. The molecule has 0 bridgehead atoms. The van der Waals surface area contributed by atoms with Gasteiger partial charge in [0.15, 0.2) is 0 Å². The lowest BCUT2D eigenvalue weighted by Crippen LogP contribution is -2.37. The van der Waals surface area contributed by atoms with Gasteiger partial charge in [0.2, 0.25) is 0 Å². The van der Waals surface area contributed by atoms with Gasteiger partial charge in [-0.15, -0.1) is 0 Å². The highest BCUT2D eigenvalue weighted by atomic mass is 35.5. The fraction of sp³-hybridized carbons (Fsp3) is 0.429. The van der Waals surface area contributed by atoms with E-state index in [1.807, 2.05) is 6.07 Å². The number of hydrogen-bond donors (Lipinski definition) is 1. The van der Waals surface area contributed by atoms with E-state index < -0.39 is 0 Å². The van der Waals surface area contributed by atoms with Crippen molar-refractivity contribution in [2.24, 2.45) is 5.92 Å². The largest absolute Gasteiger partial charge is 0.310 e. The number of halogens is 1. The molecule has 0 radical (unpaired) electrons. The predicted molar refractivity (Wildman–Crippen MR) is 71.1 cm³/mol. The minimum atomic E-state index is 0.287. The summed E-state index contributed by atoms with van der Waals surface area (Å²) in [5, 5.41) is 12.8. The minimum absolute atomic E-state index is 0.287. The molecule has 3 nitrogen and oxygen atoms in total. The second-order valence-electron chi connectivity index (χ2n) is 4.95. The SMILES string of the molecule is N#Cc1cc(C2=CC3NCCCC3C2)cnc1Cl. The molecule has 2 atom stereocenters. The number of rotatable bonds is 1. The summed E-state index contributed by atoms with van der Waals surface area (Å²) in [7, 11) is 0. The summed E-state index contributed by atoms with van der Waals surface area (Å²) in [5.74, 6) is 0.704. The standard InChI is InChI=1S/C14H14ClN3/c15-14-11(7-16)5-12(8-18-14)10-4-9-2-1-3-17-13(9)6-10/h5-6,8-9,13,17H,1-4H2. The highest BCUT2D eigenvalue weighted by Gasteiger charge is 2.30. The van der Waals surface area contributed by atoms with E-state index in [0.717, 1.165) is 18.5 Å². The van der Waals surface area contributed by atoms with E-state index in [2.05, 4.69) is 22.4 Å². The van der Waals surface area contributed by atoms with Crippen LogP contribution >= 0.6 is 11.6 Å². The average Bonchev–Trinajstić information content (AvgIpc) is 2.83. The molecule has 92 valence electrons. The van der Waals surface area contributed by atoms with Crippen molar-refractivity contribution in [1.29, 1.82) is 5.26 Å². The van der Waals surface area contributed by atoms with Crippen LogP contribution < -0.4 is 5.32 Å². The van der Waals surface area contributed by atoms with E-state index in [-0.39, 0.29) is 5.15 Å². The Balaban J connectivity index is 1.90. The van der Waals surface area contributed by atoms with E-state index in [1.165, 1.54) is 18.4 Å². The first-order valence-electron chi connectivity index (χ1n) is 6.28. The van der Waals surface area contributed by atoms with Crippen LogP contribution in [0, 0.1) is 17.2 Å². The van der Waals surface area contributed by atoms with Crippen LogP contribution in [-0.4, -0.2) is 17.6 Å². The van der Waals surface area contributed by atoms with Crippen molar-refractivity contribution in [3.8, 4) is 6.07 Å². The van der Waals surface area contributed by atoms with Crippen LogP contribution in [0.3, 0.4) is 0 Å². The zero-order valence-corrected chi connectivity index (χ0v) is 10.7. The summed E-state index contributed by atoms with van der Waals surface area (Å²) in [5.41, 5.74) is 2.78. The molecule has 1 aliphatic heterocycles. The Kier molecular flexibility index (Phi) is 3.07. The molecular weight excluding hydrogens is 246 g/mol. The summed E-state index contributed by atoms with van der Waals surface area (Å²) >= 11 is 5.86. The Morgan fingerprint density at radius 3 is 3.17 bits per heavy atom. The smallest absolute Gasteiger partial charge is 0.146 e. The van der Waals surface area contributed by atoms with Crippen molar-refractivity contribution in [2.45, 2.75) is 25.3 Å². The molecule has 2 heterocycles. The molecule has 0 amide bonds. The Morgan fingerprint density at radius 1 is 1.50 bits per heavy atom. The maximum Gasteiger partial charge on any atom is 0.146 e. The van der Waals surface area contributed by atoms with E-state index in [0.29, 0.717) is 17.5 Å². The average molecular weight is 260 g/mol. The number of pyridine rings is 1. The topological polar surface area (TPSA) is 48.7 Å². The third-order valence-electron chi connectivity index (χ3n) is 3.83. The van der Waals surface area contributed by atoms with E-state index in [4.69, 9.17) is 16.9 Å². The molecular formula is C14H14ClN3. The number of nitrogens with one attached hydrogen (secondary N) is 1. The van der Waals surface area contributed by atoms with E-state index in [1.54, 1.807) is 6.20 Å². The first kappa shape index (κ1) is 11.7.